The highest BCUT2D eigenvalue weighted by Gasteiger charge is 2.27. The van der Waals surface area contributed by atoms with Crippen LogP contribution in [0, 0.1) is 5.92 Å². The number of aromatic nitrogens is 1. The van der Waals surface area contributed by atoms with Crippen LogP contribution in [0.15, 0.2) is 24.5 Å². The number of hydrogen-bond acceptors (Lipinski definition) is 3. The van der Waals surface area contributed by atoms with E-state index in [9.17, 15) is 0 Å². The maximum Gasteiger partial charge on any atom is 0.0315 e. The van der Waals surface area contributed by atoms with Crippen molar-refractivity contribution in [3.05, 3.63) is 30.1 Å². The smallest absolute Gasteiger partial charge is 0.0315 e. The molecule has 1 aromatic rings. The minimum atomic E-state index is 0.367. The Morgan fingerprint density at radius 1 is 1.56 bits per heavy atom. The van der Waals surface area contributed by atoms with Gasteiger partial charge in [0.2, 0.25) is 0 Å². The maximum atomic E-state index is 5.79. The lowest BCUT2D eigenvalue weighted by atomic mass is 10.0. The molecule has 0 amide bonds. The van der Waals surface area contributed by atoms with Gasteiger partial charge >= 0.3 is 0 Å². The summed E-state index contributed by atoms with van der Waals surface area (Å²) in [6.07, 6.45) is 7.58. The van der Waals surface area contributed by atoms with Gasteiger partial charge in [0, 0.05) is 24.5 Å². The molecule has 3 atom stereocenters. The van der Waals surface area contributed by atoms with E-state index in [1.165, 1.54) is 24.8 Å². The summed E-state index contributed by atoms with van der Waals surface area (Å²) in [5.74, 6) is 0.652. The van der Waals surface area contributed by atoms with Gasteiger partial charge in [-0.15, -0.1) is 0 Å². The monoisotopic (exact) mass is 219 g/mol. The molecule has 1 fully saturated rings. The highest BCUT2D eigenvalue weighted by Crippen LogP contribution is 2.26. The average molecular weight is 219 g/mol. The molecule has 0 aliphatic heterocycles. The molecule has 1 aliphatic carbocycles. The van der Waals surface area contributed by atoms with E-state index in [-0.39, 0.29) is 0 Å². The van der Waals surface area contributed by atoms with E-state index in [1.54, 1.807) is 0 Å². The Morgan fingerprint density at radius 3 is 3.12 bits per heavy atom. The number of nitrogens with zero attached hydrogens (tertiary/aromatic N) is 1. The van der Waals surface area contributed by atoms with E-state index in [2.05, 4.69) is 23.3 Å². The number of nitrogens with one attached hydrogen (secondary N) is 1. The lowest BCUT2D eigenvalue weighted by molar-refractivity contribution is 0.373. The van der Waals surface area contributed by atoms with Gasteiger partial charge in [-0.3, -0.25) is 4.98 Å². The number of pyridine rings is 1. The summed E-state index contributed by atoms with van der Waals surface area (Å²) < 4.78 is 0. The van der Waals surface area contributed by atoms with E-state index in [0.29, 0.717) is 18.0 Å². The Kier molecular flexibility index (Phi) is 3.91. The first-order valence-corrected chi connectivity index (χ1v) is 6.17. The SMILES string of the molecule is C[C@@H](NC1CCCC1CN)c1cccnc1. The van der Waals surface area contributed by atoms with Crippen LogP contribution in [-0.2, 0) is 0 Å². The molecule has 2 unspecified atom stereocenters. The van der Waals surface area contributed by atoms with Gasteiger partial charge in [-0.1, -0.05) is 12.5 Å². The third kappa shape index (κ3) is 2.60. The van der Waals surface area contributed by atoms with Crippen molar-refractivity contribution in [3.63, 3.8) is 0 Å². The lowest BCUT2D eigenvalue weighted by Crippen LogP contribution is -2.37. The highest BCUT2D eigenvalue weighted by molar-refractivity contribution is 5.13. The highest BCUT2D eigenvalue weighted by atomic mass is 15.0. The molecular formula is C13H21N3. The van der Waals surface area contributed by atoms with E-state index >= 15 is 0 Å². The summed E-state index contributed by atoms with van der Waals surface area (Å²) in [6, 6.07) is 5.06. The minimum absolute atomic E-state index is 0.367. The van der Waals surface area contributed by atoms with Crippen LogP contribution in [0.4, 0.5) is 0 Å². The quantitative estimate of drug-likeness (QED) is 0.812. The Bertz CT molecular complexity index is 312. The van der Waals surface area contributed by atoms with Crippen molar-refractivity contribution in [1.82, 2.24) is 10.3 Å². The fourth-order valence-electron chi connectivity index (χ4n) is 2.59. The van der Waals surface area contributed by atoms with Gasteiger partial charge in [-0.25, -0.2) is 0 Å². The maximum absolute atomic E-state index is 5.79. The molecule has 3 N–H and O–H groups in total. The van der Waals surface area contributed by atoms with Crippen LogP contribution in [0.3, 0.4) is 0 Å². The third-order valence-corrected chi connectivity index (χ3v) is 3.61. The molecule has 0 bridgehead atoms. The third-order valence-electron chi connectivity index (χ3n) is 3.61. The topological polar surface area (TPSA) is 50.9 Å². The number of nitrogens with two attached hydrogens (primary N) is 1. The van der Waals surface area contributed by atoms with Crippen LogP contribution in [0.5, 0.6) is 0 Å². The van der Waals surface area contributed by atoms with E-state index in [1.807, 2.05) is 18.5 Å². The molecule has 1 aromatic heterocycles. The minimum Gasteiger partial charge on any atom is -0.330 e. The zero-order valence-corrected chi connectivity index (χ0v) is 9.89. The zero-order valence-electron chi connectivity index (χ0n) is 9.89. The Morgan fingerprint density at radius 2 is 2.44 bits per heavy atom. The molecule has 0 spiro atoms. The Labute approximate surface area is 97.5 Å². The first kappa shape index (κ1) is 11.6. The molecule has 88 valence electrons. The molecule has 0 radical (unpaired) electrons. The largest absolute Gasteiger partial charge is 0.330 e. The second kappa shape index (κ2) is 5.41. The summed E-state index contributed by atoms with van der Waals surface area (Å²) in [7, 11) is 0. The standard InChI is InChI=1S/C13H21N3/c1-10(12-5-3-7-15-9-12)16-13-6-2-4-11(13)8-14/h3,5,7,9-11,13,16H,2,4,6,8,14H2,1H3/t10-,11?,13?/m1/s1. The van der Waals surface area contributed by atoms with Crippen LogP contribution in [0.1, 0.15) is 37.8 Å². The fraction of sp³-hybridized carbons (Fsp3) is 0.615. The average Bonchev–Trinajstić information content (AvgIpc) is 2.77. The Balaban J connectivity index is 1.94. The molecule has 3 heteroatoms. The van der Waals surface area contributed by atoms with Crippen molar-refractivity contribution < 1.29 is 0 Å². The summed E-state index contributed by atoms with van der Waals surface area (Å²) in [5.41, 5.74) is 7.04. The van der Waals surface area contributed by atoms with Crippen molar-refractivity contribution in [3.8, 4) is 0 Å². The van der Waals surface area contributed by atoms with Gasteiger partial charge in [0.25, 0.3) is 0 Å². The van der Waals surface area contributed by atoms with Gasteiger partial charge in [0.05, 0.1) is 0 Å². The van der Waals surface area contributed by atoms with Crippen molar-refractivity contribution in [2.75, 3.05) is 6.54 Å². The molecule has 1 saturated carbocycles. The second-order valence-electron chi connectivity index (χ2n) is 4.71. The number of rotatable bonds is 4. The summed E-state index contributed by atoms with van der Waals surface area (Å²) >= 11 is 0. The van der Waals surface area contributed by atoms with Crippen LogP contribution >= 0.6 is 0 Å². The molecular weight excluding hydrogens is 198 g/mol. The van der Waals surface area contributed by atoms with Crippen molar-refractivity contribution in [2.45, 2.75) is 38.3 Å². The van der Waals surface area contributed by atoms with Crippen molar-refractivity contribution >= 4 is 0 Å². The molecule has 2 rings (SSSR count). The first-order valence-electron chi connectivity index (χ1n) is 6.17. The van der Waals surface area contributed by atoms with E-state index < -0.39 is 0 Å². The normalized spacial score (nSPS) is 26.9. The van der Waals surface area contributed by atoms with Crippen LogP contribution in [0.2, 0.25) is 0 Å². The zero-order chi connectivity index (χ0) is 11.4. The summed E-state index contributed by atoms with van der Waals surface area (Å²) in [5, 5.41) is 3.68. The summed E-state index contributed by atoms with van der Waals surface area (Å²) in [6.45, 7) is 3.00. The molecule has 3 nitrogen and oxygen atoms in total. The van der Waals surface area contributed by atoms with Gasteiger partial charge in [-0.05, 0) is 43.9 Å². The van der Waals surface area contributed by atoms with Crippen LogP contribution in [0.25, 0.3) is 0 Å². The van der Waals surface area contributed by atoms with Gasteiger partial charge < -0.3 is 11.1 Å². The second-order valence-corrected chi connectivity index (χ2v) is 4.71. The van der Waals surface area contributed by atoms with Crippen molar-refractivity contribution in [2.24, 2.45) is 11.7 Å². The molecule has 0 saturated heterocycles. The predicted molar refractivity (Wildman–Crippen MR) is 66.0 cm³/mol. The van der Waals surface area contributed by atoms with Gasteiger partial charge in [0.1, 0.15) is 0 Å². The molecule has 0 aromatic carbocycles. The Hall–Kier alpha value is -0.930. The van der Waals surface area contributed by atoms with E-state index in [0.717, 1.165) is 6.54 Å². The van der Waals surface area contributed by atoms with E-state index in [4.69, 9.17) is 5.73 Å². The molecule has 1 aliphatic rings. The van der Waals surface area contributed by atoms with Gasteiger partial charge in [-0.2, -0.15) is 0 Å². The fourth-order valence-corrected chi connectivity index (χ4v) is 2.59. The predicted octanol–water partition coefficient (Wildman–Crippen LogP) is 1.86. The van der Waals surface area contributed by atoms with Crippen molar-refractivity contribution in [1.29, 1.82) is 0 Å². The summed E-state index contributed by atoms with van der Waals surface area (Å²) in [4.78, 5) is 4.15. The number of hydrogen-bond donors (Lipinski definition) is 2. The van der Waals surface area contributed by atoms with Gasteiger partial charge in [0.15, 0.2) is 0 Å². The molecule has 16 heavy (non-hydrogen) atoms. The lowest BCUT2D eigenvalue weighted by Gasteiger charge is -2.24. The van der Waals surface area contributed by atoms with Crippen LogP contribution in [-0.4, -0.2) is 17.6 Å². The first-order chi connectivity index (χ1) is 7.81. The van der Waals surface area contributed by atoms with Crippen LogP contribution < -0.4 is 11.1 Å². The molecule has 1 heterocycles.